The summed E-state index contributed by atoms with van der Waals surface area (Å²) in [5.41, 5.74) is 1.04. The number of nitrogens with one attached hydrogen (secondary N) is 2. The Morgan fingerprint density at radius 2 is 1.94 bits per heavy atom. The molecule has 4 heterocycles. The molecule has 172 valence electrons. The van der Waals surface area contributed by atoms with Crippen LogP contribution in [0.15, 0.2) is 23.4 Å². The summed E-state index contributed by atoms with van der Waals surface area (Å²) in [7, 11) is -3.68. The Kier molecular flexibility index (Phi) is 5.27. The van der Waals surface area contributed by atoms with E-state index in [4.69, 9.17) is 0 Å². The number of sulfonamides is 1. The van der Waals surface area contributed by atoms with E-state index in [1.165, 1.54) is 11.3 Å². The van der Waals surface area contributed by atoms with E-state index >= 15 is 0 Å². The average molecular weight is 476 g/mol. The van der Waals surface area contributed by atoms with Gasteiger partial charge in [-0.3, -0.25) is 4.40 Å². The molecule has 0 radical (unpaired) electrons. The lowest BCUT2D eigenvalue weighted by Gasteiger charge is -2.38. The molecule has 32 heavy (non-hydrogen) atoms. The second-order valence-corrected chi connectivity index (χ2v) is 12.0. The van der Waals surface area contributed by atoms with E-state index < -0.39 is 10.0 Å². The third kappa shape index (κ3) is 4.02. The molecule has 2 atom stereocenters. The number of aromatic nitrogens is 4. The van der Waals surface area contributed by atoms with E-state index in [-0.39, 0.29) is 22.5 Å². The summed E-state index contributed by atoms with van der Waals surface area (Å²) in [5, 5.41) is 13.7. The fourth-order valence-corrected chi connectivity index (χ4v) is 6.58. The Morgan fingerprint density at radius 3 is 2.56 bits per heavy atom. The number of pyridine rings is 1. The summed E-state index contributed by atoms with van der Waals surface area (Å²) in [5.74, 6) is 0.822. The molecule has 2 aliphatic rings. The highest BCUT2D eigenvalue weighted by molar-refractivity contribution is 7.89. The van der Waals surface area contributed by atoms with Gasteiger partial charge in [-0.05, 0) is 52.2 Å². The smallest absolute Gasteiger partial charge is 0.241 e. The molecular formula is C21H29N7O2S2. The molecule has 3 aromatic heterocycles. The third-order valence-electron chi connectivity index (χ3n) is 6.15. The number of anilines is 1. The van der Waals surface area contributed by atoms with Crippen molar-refractivity contribution >= 4 is 32.7 Å². The van der Waals surface area contributed by atoms with E-state index in [1.807, 2.05) is 18.2 Å². The van der Waals surface area contributed by atoms with Crippen LogP contribution < -0.4 is 14.9 Å². The topological polar surface area (TPSA) is 105 Å². The Labute approximate surface area is 192 Å². The van der Waals surface area contributed by atoms with Gasteiger partial charge in [-0.1, -0.05) is 18.3 Å². The lowest BCUT2D eigenvalue weighted by Crippen LogP contribution is -2.54. The molecule has 5 rings (SSSR count). The van der Waals surface area contributed by atoms with Crippen molar-refractivity contribution in [2.45, 2.75) is 69.5 Å². The predicted octanol–water partition coefficient (Wildman–Crippen LogP) is 2.43. The molecule has 0 spiro atoms. The van der Waals surface area contributed by atoms with E-state index in [9.17, 15) is 8.42 Å². The number of hydrogen-bond acceptors (Lipinski definition) is 8. The predicted molar refractivity (Wildman–Crippen MR) is 126 cm³/mol. The Morgan fingerprint density at radius 1 is 1.22 bits per heavy atom. The fourth-order valence-electron chi connectivity index (χ4n) is 4.29. The molecule has 1 saturated carbocycles. The van der Waals surface area contributed by atoms with Gasteiger partial charge >= 0.3 is 0 Å². The SMILES string of the molecule is CCc1nnc(-c2ncn3c(N4C[C@H](C)N[C@@H](C)C4)cc(S(=O)(=O)NC4(C)CC4)cc23)s1. The molecule has 0 bridgehead atoms. The van der Waals surface area contributed by atoms with E-state index in [0.29, 0.717) is 10.7 Å². The highest BCUT2D eigenvalue weighted by Crippen LogP contribution is 2.37. The molecule has 1 aliphatic carbocycles. The van der Waals surface area contributed by atoms with Crippen molar-refractivity contribution in [2.75, 3.05) is 18.0 Å². The van der Waals surface area contributed by atoms with E-state index in [2.05, 4.69) is 44.0 Å². The van der Waals surface area contributed by atoms with Gasteiger partial charge in [0.25, 0.3) is 0 Å². The van der Waals surface area contributed by atoms with Crippen molar-refractivity contribution in [3.05, 3.63) is 23.5 Å². The molecular weight excluding hydrogens is 446 g/mol. The molecule has 9 nitrogen and oxygen atoms in total. The van der Waals surface area contributed by atoms with Crippen molar-refractivity contribution in [2.24, 2.45) is 0 Å². The van der Waals surface area contributed by atoms with Gasteiger partial charge in [0.05, 0.1) is 10.4 Å². The van der Waals surface area contributed by atoms with Crippen molar-refractivity contribution in [3.8, 4) is 10.7 Å². The van der Waals surface area contributed by atoms with Gasteiger partial charge < -0.3 is 10.2 Å². The second-order valence-electron chi connectivity index (χ2n) is 9.29. The van der Waals surface area contributed by atoms with E-state index in [1.54, 1.807) is 18.5 Å². The number of nitrogens with zero attached hydrogens (tertiary/aromatic N) is 5. The standard InChI is InChI=1S/C21H29N7O2S2/c1-5-17-24-25-20(31-17)19-16-8-15(32(29,30)26-21(4)6-7-21)9-18(28(16)12-22-19)27-10-13(2)23-14(3)11-27/h8-9,12-14,23,26H,5-7,10-11H2,1-4H3/t13-,14-/m0/s1. The number of rotatable bonds is 6. The number of aryl methyl sites for hydroxylation is 1. The van der Waals surface area contributed by atoms with Gasteiger partial charge in [0.2, 0.25) is 10.0 Å². The third-order valence-corrected chi connectivity index (χ3v) is 8.84. The van der Waals surface area contributed by atoms with Crippen LogP contribution in [0, 0.1) is 0 Å². The number of fused-ring (bicyclic) bond motifs is 1. The summed E-state index contributed by atoms with van der Waals surface area (Å²) >= 11 is 1.49. The number of hydrogen-bond donors (Lipinski definition) is 2. The summed E-state index contributed by atoms with van der Waals surface area (Å²) in [6, 6.07) is 4.06. The first-order valence-electron chi connectivity index (χ1n) is 11.1. The van der Waals surface area contributed by atoms with Crippen LogP contribution in [0.1, 0.15) is 45.5 Å². The quantitative estimate of drug-likeness (QED) is 0.564. The van der Waals surface area contributed by atoms with Gasteiger partial charge in [0, 0.05) is 30.7 Å². The molecule has 1 aliphatic heterocycles. The van der Waals surface area contributed by atoms with Gasteiger partial charge in [0.1, 0.15) is 22.8 Å². The van der Waals surface area contributed by atoms with Crippen molar-refractivity contribution in [3.63, 3.8) is 0 Å². The minimum absolute atomic E-state index is 0.258. The van der Waals surface area contributed by atoms with Crippen LogP contribution in [-0.2, 0) is 16.4 Å². The first kappa shape index (κ1) is 21.7. The highest BCUT2D eigenvalue weighted by Gasteiger charge is 2.41. The zero-order chi connectivity index (χ0) is 22.7. The van der Waals surface area contributed by atoms with Crippen LogP contribution >= 0.6 is 11.3 Å². The molecule has 2 N–H and O–H groups in total. The highest BCUT2D eigenvalue weighted by atomic mass is 32.2. The van der Waals surface area contributed by atoms with Crippen molar-refractivity contribution in [1.29, 1.82) is 0 Å². The summed E-state index contributed by atoms with van der Waals surface area (Å²) < 4.78 is 31.5. The normalized spacial score (nSPS) is 23.1. The first-order chi connectivity index (χ1) is 15.2. The van der Waals surface area contributed by atoms with Crippen LogP contribution in [0.4, 0.5) is 5.82 Å². The zero-order valence-corrected chi connectivity index (χ0v) is 20.4. The monoisotopic (exact) mass is 475 g/mol. The summed E-state index contributed by atoms with van der Waals surface area (Å²) in [4.78, 5) is 7.12. The van der Waals surface area contributed by atoms with Gasteiger partial charge in [-0.2, -0.15) is 0 Å². The largest absolute Gasteiger partial charge is 0.355 e. The molecule has 11 heteroatoms. The van der Waals surface area contributed by atoms with Crippen LogP contribution in [-0.4, -0.2) is 58.7 Å². The lowest BCUT2D eigenvalue weighted by molar-refractivity contribution is 0.404. The number of piperazine rings is 1. The van der Waals surface area contributed by atoms with Crippen molar-refractivity contribution < 1.29 is 8.42 Å². The lowest BCUT2D eigenvalue weighted by atomic mass is 10.1. The second kappa shape index (κ2) is 7.75. The maximum atomic E-state index is 13.3. The molecule has 3 aromatic rings. The minimum atomic E-state index is -3.68. The van der Waals surface area contributed by atoms with Crippen LogP contribution in [0.25, 0.3) is 16.2 Å². The van der Waals surface area contributed by atoms with E-state index in [0.717, 1.165) is 48.7 Å². The maximum absolute atomic E-state index is 13.3. The van der Waals surface area contributed by atoms with Gasteiger partial charge in [-0.15, -0.1) is 10.2 Å². The van der Waals surface area contributed by atoms with Gasteiger partial charge in [-0.25, -0.2) is 18.1 Å². The molecule has 1 saturated heterocycles. The Hall–Kier alpha value is -2.08. The summed E-state index contributed by atoms with van der Waals surface area (Å²) in [6.45, 7) is 9.82. The Bertz CT molecular complexity index is 1250. The maximum Gasteiger partial charge on any atom is 0.241 e. The molecule has 2 fully saturated rings. The number of imidazole rings is 1. The van der Waals surface area contributed by atoms with Crippen LogP contribution in [0.2, 0.25) is 0 Å². The van der Waals surface area contributed by atoms with Crippen molar-refractivity contribution in [1.82, 2.24) is 29.6 Å². The average Bonchev–Trinajstić information content (AvgIpc) is 3.13. The fraction of sp³-hybridized carbons (Fsp3) is 0.571. The Balaban J connectivity index is 1.67. The van der Waals surface area contributed by atoms with Crippen LogP contribution in [0.3, 0.4) is 0 Å². The zero-order valence-electron chi connectivity index (χ0n) is 18.8. The summed E-state index contributed by atoms with van der Waals surface area (Å²) in [6.07, 6.45) is 4.27. The molecule has 0 amide bonds. The minimum Gasteiger partial charge on any atom is -0.355 e. The van der Waals surface area contributed by atoms with Gasteiger partial charge in [0.15, 0.2) is 5.01 Å². The van der Waals surface area contributed by atoms with Crippen LogP contribution in [0.5, 0.6) is 0 Å². The molecule has 0 aromatic carbocycles. The first-order valence-corrected chi connectivity index (χ1v) is 13.4. The molecule has 0 unspecified atom stereocenters.